The first-order valence-electron chi connectivity index (χ1n) is 9.15. The van der Waals surface area contributed by atoms with Crippen LogP contribution < -0.4 is 10.7 Å². The van der Waals surface area contributed by atoms with E-state index in [1.807, 2.05) is 65.2 Å². The van der Waals surface area contributed by atoms with Crippen molar-refractivity contribution in [2.45, 2.75) is 13.0 Å². The lowest BCUT2D eigenvalue weighted by Crippen LogP contribution is -2.30. The molecule has 0 aliphatic heterocycles. The smallest absolute Gasteiger partial charge is 0.239 e. The van der Waals surface area contributed by atoms with Crippen molar-refractivity contribution >= 4 is 39.3 Å². The van der Waals surface area contributed by atoms with Gasteiger partial charge in [0.05, 0.1) is 11.0 Å². The molecule has 5 heteroatoms. The van der Waals surface area contributed by atoms with Crippen LogP contribution in [0.3, 0.4) is 0 Å². The van der Waals surface area contributed by atoms with Crippen molar-refractivity contribution in [3.05, 3.63) is 93.6 Å². The molecular formula is C23H19ClN2O2. The van der Waals surface area contributed by atoms with Gasteiger partial charge < -0.3 is 9.88 Å². The Balaban J connectivity index is 1.60. The number of rotatable bonds is 5. The highest BCUT2D eigenvalue weighted by Gasteiger charge is 2.12. The number of hydrogen-bond acceptors (Lipinski definition) is 2. The van der Waals surface area contributed by atoms with Gasteiger partial charge in [0, 0.05) is 22.3 Å². The maximum absolute atomic E-state index is 12.8. The third-order valence-electron chi connectivity index (χ3n) is 4.86. The van der Waals surface area contributed by atoms with Crippen LogP contribution in [0.5, 0.6) is 0 Å². The molecule has 1 aromatic heterocycles. The minimum absolute atomic E-state index is 0.0124. The fourth-order valence-corrected chi connectivity index (χ4v) is 3.71. The van der Waals surface area contributed by atoms with Crippen molar-refractivity contribution < 1.29 is 4.79 Å². The highest BCUT2D eigenvalue weighted by Crippen LogP contribution is 2.19. The van der Waals surface area contributed by atoms with Crippen LogP contribution in [0.1, 0.15) is 5.56 Å². The van der Waals surface area contributed by atoms with Gasteiger partial charge in [-0.05, 0) is 42.3 Å². The van der Waals surface area contributed by atoms with Gasteiger partial charge in [0.25, 0.3) is 0 Å². The minimum Gasteiger partial charge on any atom is -0.354 e. The van der Waals surface area contributed by atoms with E-state index in [1.54, 1.807) is 12.1 Å². The van der Waals surface area contributed by atoms with E-state index in [-0.39, 0.29) is 17.9 Å². The highest BCUT2D eigenvalue weighted by molar-refractivity contribution is 6.31. The van der Waals surface area contributed by atoms with E-state index in [9.17, 15) is 9.59 Å². The molecule has 0 bridgehead atoms. The number of hydrogen-bond donors (Lipinski definition) is 1. The monoisotopic (exact) mass is 390 g/mol. The Hall–Kier alpha value is -3.11. The van der Waals surface area contributed by atoms with E-state index in [0.29, 0.717) is 28.8 Å². The van der Waals surface area contributed by atoms with Crippen LogP contribution in [-0.4, -0.2) is 17.0 Å². The third kappa shape index (κ3) is 3.51. The van der Waals surface area contributed by atoms with Gasteiger partial charge in [0.15, 0.2) is 5.43 Å². The fraction of sp³-hybridized carbons (Fsp3) is 0.130. The molecule has 1 N–H and O–H groups in total. The molecule has 0 radical (unpaired) electrons. The second-order valence-corrected chi connectivity index (χ2v) is 7.05. The van der Waals surface area contributed by atoms with Crippen LogP contribution in [0, 0.1) is 0 Å². The number of halogens is 1. The predicted molar refractivity (Wildman–Crippen MR) is 114 cm³/mol. The van der Waals surface area contributed by atoms with Crippen LogP contribution in [-0.2, 0) is 17.8 Å². The number of carbonyl (C=O) groups excluding carboxylic acids is 1. The van der Waals surface area contributed by atoms with E-state index >= 15 is 0 Å². The summed E-state index contributed by atoms with van der Waals surface area (Å²) >= 11 is 6.17. The first kappa shape index (κ1) is 18.3. The summed E-state index contributed by atoms with van der Waals surface area (Å²) in [5.41, 5.74) is 2.50. The van der Waals surface area contributed by atoms with Crippen molar-refractivity contribution in [1.82, 2.24) is 9.88 Å². The normalized spacial score (nSPS) is 11.0. The number of carbonyl (C=O) groups is 1. The molecule has 0 aliphatic carbocycles. The van der Waals surface area contributed by atoms with E-state index in [0.717, 1.165) is 16.6 Å². The molecule has 0 fully saturated rings. The SMILES string of the molecule is O=C(Cn1c2ccccc2c(=O)c2ccccc21)NCCc1ccccc1Cl. The van der Waals surface area contributed by atoms with Crippen molar-refractivity contribution in [2.24, 2.45) is 0 Å². The number of benzene rings is 3. The zero-order valence-corrected chi connectivity index (χ0v) is 15.9. The lowest BCUT2D eigenvalue weighted by Gasteiger charge is -2.15. The molecule has 4 nitrogen and oxygen atoms in total. The predicted octanol–water partition coefficient (Wildman–Crippen LogP) is 4.17. The number of nitrogens with one attached hydrogen (secondary N) is 1. The van der Waals surface area contributed by atoms with E-state index in [2.05, 4.69) is 5.32 Å². The summed E-state index contributed by atoms with van der Waals surface area (Å²) in [7, 11) is 0. The molecule has 0 unspecified atom stereocenters. The van der Waals surface area contributed by atoms with E-state index < -0.39 is 0 Å². The number of para-hydroxylation sites is 2. The Bertz CT molecular complexity index is 1170. The summed E-state index contributed by atoms with van der Waals surface area (Å²) in [6, 6.07) is 22.4. The van der Waals surface area contributed by atoms with Gasteiger partial charge >= 0.3 is 0 Å². The average molecular weight is 391 g/mol. The van der Waals surface area contributed by atoms with Gasteiger partial charge in [-0.1, -0.05) is 54.1 Å². The Morgan fingerprint density at radius 2 is 1.43 bits per heavy atom. The summed E-state index contributed by atoms with van der Waals surface area (Å²) in [5, 5.41) is 4.89. The van der Waals surface area contributed by atoms with E-state index in [4.69, 9.17) is 11.6 Å². The lowest BCUT2D eigenvalue weighted by atomic mass is 10.1. The zero-order chi connectivity index (χ0) is 19.5. The molecule has 4 rings (SSSR count). The molecule has 0 atom stereocenters. The molecule has 140 valence electrons. The molecule has 0 saturated heterocycles. The van der Waals surface area contributed by atoms with Crippen molar-refractivity contribution in [3.63, 3.8) is 0 Å². The van der Waals surface area contributed by atoms with Gasteiger partial charge in [-0.15, -0.1) is 0 Å². The van der Waals surface area contributed by atoms with Gasteiger partial charge in [-0.2, -0.15) is 0 Å². The Labute approximate surface area is 167 Å². The van der Waals surface area contributed by atoms with E-state index in [1.165, 1.54) is 0 Å². The van der Waals surface area contributed by atoms with Crippen LogP contribution in [0.15, 0.2) is 77.6 Å². The first-order valence-corrected chi connectivity index (χ1v) is 9.53. The quantitative estimate of drug-likeness (QED) is 0.520. The van der Waals surface area contributed by atoms with Gasteiger partial charge in [-0.3, -0.25) is 9.59 Å². The van der Waals surface area contributed by atoms with Crippen molar-refractivity contribution in [3.8, 4) is 0 Å². The van der Waals surface area contributed by atoms with Crippen molar-refractivity contribution in [2.75, 3.05) is 6.54 Å². The Kier molecular flexibility index (Phi) is 5.13. The second-order valence-electron chi connectivity index (χ2n) is 6.64. The minimum atomic E-state index is -0.106. The Morgan fingerprint density at radius 1 is 0.857 bits per heavy atom. The number of amides is 1. The average Bonchev–Trinajstić information content (AvgIpc) is 2.72. The molecule has 3 aromatic carbocycles. The van der Waals surface area contributed by atoms with Gasteiger partial charge in [0.1, 0.15) is 6.54 Å². The summed E-state index contributed by atoms with van der Waals surface area (Å²) in [4.78, 5) is 25.4. The number of nitrogens with zero attached hydrogens (tertiary/aromatic N) is 1. The van der Waals surface area contributed by atoms with Crippen LogP contribution in [0.4, 0.5) is 0 Å². The zero-order valence-electron chi connectivity index (χ0n) is 15.2. The van der Waals surface area contributed by atoms with Crippen molar-refractivity contribution in [1.29, 1.82) is 0 Å². The second kappa shape index (κ2) is 7.87. The van der Waals surface area contributed by atoms with Crippen LogP contribution >= 0.6 is 11.6 Å². The van der Waals surface area contributed by atoms with Gasteiger partial charge in [0.2, 0.25) is 5.91 Å². The summed E-state index contributed by atoms with van der Waals surface area (Å²) in [6.45, 7) is 0.641. The first-order chi connectivity index (χ1) is 13.6. The molecular weight excluding hydrogens is 372 g/mol. The molecule has 0 aliphatic rings. The third-order valence-corrected chi connectivity index (χ3v) is 5.22. The number of pyridine rings is 1. The summed E-state index contributed by atoms with van der Waals surface area (Å²) in [5.74, 6) is -0.106. The molecule has 0 saturated carbocycles. The fourth-order valence-electron chi connectivity index (χ4n) is 3.48. The van der Waals surface area contributed by atoms with Crippen LogP contribution in [0.25, 0.3) is 21.8 Å². The number of aromatic nitrogens is 1. The van der Waals surface area contributed by atoms with Gasteiger partial charge in [-0.25, -0.2) is 0 Å². The maximum atomic E-state index is 12.8. The summed E-state index contributed by atoms with van der Waals surface area (Å²) < 4.78 is 1.90. The lowest BCUT2D eigenvalue weighted by molar-refractivity contribution is -0.121. The maximum Gasteiger partial charge on any atom is 0.239 e. The Morgan fingerprint density at radius 3 is 2.07 bits per heavy atom. The van der Waals surface area contributed by atoms with Crippen LogP contribution in [0.2, 0.25) is 5.02 Å². The standard InChI is InChI=1S/C23H19ClN2O2/c24-19-10-4-1-7-16(19)13-14-25-22(27)15-26-20-11-5-2-8-17(20)23(28)18-9-3-6-12-21(18)26/h1-12H,13-15H2,(H,25,27). The highest BCUT2D eigenvalue weighted by atomic mass is 35.5. The largest absolute Gasteiger partial charge is 0.354 e. The molecule has 0 spiro atoms. The topological polar surface area (TPSA) is 51.1 Å². The summed E-state index contributed by atoms with van der Waals surface area (Å²) in [6.07, 6.45) is 0.664. The number of fused-ring (bicyclic) bond motifs is 2. The molecule has 4 aromatic rings. The molecule has 1 heterocycles. The molecule has 28 heavy (non-hydrogen) atoms. The molecule has 1 amide bonds.